The summed E-state index contributed by atoms with van der Waals surface area (Å²) in [6, 6.07) is 10.4. The molecule has 9 heteroatoms. The summed E-state index contributed by atoms with van der Waals surface area (Å²) in [6.07, 6.45) is 3.68. The number of nitrogens with zero attached hydrogens (tertiary/aromatic N) is 5. The summed E-state index contributed by atoms with van der Waals surface area (Å²) in [4.78, 5) is 4.59. The number of hydrogen-bond donors (Lipinski definition) is 0. The summed E-state index contributed by atoms with van der Waals surface area (Å²) >= 11 is 5.95. The van der Waals surface area contributed by atoms with E-state index in [0.29, 0.717) is 31.2 Å². The molecule has 0 amide bonds. The van der Waals surface area contributed by atoms with Gasteiger partial charge in [0.1, 0.15) is 0 Å². The average molecular weight is 422 g/mol. The maximum absolute atomic E-state index is 12.8. The SMILES string of the molecule is O=S(=O)(c1cccc(Cl)c1)N1CCN(c2ccc(N3CCCCC3)nn2)CC1. The van der Waals surface area contributed by atoms with Crippen LogP contribution in [0.15, 0.2) is 41.3 Å². The van der Waals surface area contributed by atoms with Gasteiger partial charge < -0.3 is 9.80 Å². The number of anilines is 2. The molecular formula is C19H24ClN5O2S. The average Bonchev–Trinajstić information content (AvgIpc) is 2.75. The van der Waals surface area contributed by atoms with Gasteiger partial charge in [-0.1, -0.05) is 17.7 Å². The summed E-state index contributed by atoms with van der Waals surface area (Å²) in [7, 11) is -3.53. The van der Waals surface area contributed by atoms with Gasteiger partial charge in [0.2, 0.25) is 10.0 Å². The van der Waals surface area contributed by atoms with Crippen molar-refractivity contribution in [1.82, 2.24) is 14.5 Å². The largest absolute Gasteiger partial charge is 0.355 e. The normalized spacial score (nSPS) is 19.0. The van der Waals surface area contributed by atoms with Gasteiger partial charge in [0.05, 0.1) is 4.90 Å². The zero-order valence-corrected chi connectivity index (χ0v) is 17.2. The third-order valence-corrected chi connectivity index (χ3v) is 7.44. The van der Waals surface area contributed by atoms with Crippen molar-refractivity contribution in [3.05, 3.63) is 41.4 Å². The molecule has 0 spiro atoms. The number of piperazine rings is 1. The Morgan fingerprint density at radius 1 is 0.786 bits per heavy atom. The quantitative estimate of drug-likeness (QED) is 0.755. The van der Waals surface area contributed by atoms with Crippen LogP contribution in [0.25, 0.3) is 0 Å². The minimum atomic E-state index is -3.53. The topological polar surface area (TPSA) is 69.6 Å². The minimum Gasteiger partial charge on any atom is -0.355 e. The lowest BCUT2D eigenvalue weighted by Gasteiger charge is -2.34. The molecule has 1 aromatic carbocycles. The number of hydrogen-bond acceptors (Lipinski definition) is 6. The van der Waals surface area contributed by atoms with E-state index in [9.17, 15) is 8.42 Å². The lowest BCUT2D eigenvalue weighted by atomic mass is 10.1. The Balaban J connectivity index is 1.40. The number of halogens is 1. The zero-order valence-electron chi connectivity index (χ0n) is 15.7. The molecule has 7 nitrogen and oxygen atoms in total. The van der Waals surface area contributed by atoms with E-state index in [2.05, 4.69) is 20.0 Å². The van der Waals surface area contributed by atoms with Crippen molar-refractivity contribution in [2.45, 2.75) is 24.2 Å². The van der Waals surface area contributed by atoms with Gasteiger partial charge in [-0.25, -0.2) is 8.42 Å². The molecule has 3 heterocycles. The molecule has 28 heavy (non-hydrogen) atoms. The molecule has 4 rings (SSSR count). The van der Waals surface area contributed by atoms with Gasteiger partial charge in [0, 0.05) is 44.3 Å². The Bertz CT molecular complexity index is 908. The second kappa shape index (κ2) is 8.23. The highest BCUT2D eigenvalue weighted by Crippen LogP contribution is 2.23. The van der Waals surface area contributed by atoms with Crippen molar-refractivity contribution < 1.29 is 8.42 Å². The smallest absolute Gasteiger partial charge is 0.243 e. The first-order chi connectivity index (χ1) is 13.5. The minimum absolute atomic E-state index is 0.235. The Kier molecular flexibility index (Phi) is 5.70. The van der Waals surface area contributed by atoms with Crippen LogP contribution in [0.5, 0.6) is 0 Å². The summed E-state index contributed by atoms with van der Waals surface area (Å²) in [5.74, 6) is 1.71. The van der Waals surface area contributed by atoms with Crippen molar-refractivity contribution in [2.24, 2.45) is 0 Å². The molecule has 0 atom stereocenters. The molecule has 2 fully saturated rings. The summed E-state index contributed by atoms with van der Waals surface area (Å²) < 4.78 is 27.1. The van der Waals surface area contributed by atoms with E-state index in [1.807, 2.05) is 12.1 Å². The van der Waals surface area contributed by atoms with Crippen LogP contribution in [-0.2, 0) is 10.0 Å². The lowest BCUT2D eigenvalue weighted by molar-refractivity contribution is 0.383. The van der Waals surface area contributed by atoms with Crippen LogP contribution in [0.2, 0.25) is 5.02 Å². The number of piperidine rings is 1. The Morgan fingerprint density at radius 2 is 1.39 bits per heavy atom. The van der Waals surface area contributed by atoms with Crippen molar-refractivity contribution >= 4 is 33.3 Å². The molecular weight excluding hydrogens is 398 g/mol. The number of benzene rings is 1. The predicted molar refractivity (Wildman–Crippen MR) is 111 cm³/mol. The Hall–Kier alpha value is -1.90. The molecule has 0 N–H and O–H groups in total. The fraction of sp³-hybridized carbons (Fsp3) is 0.474. The highest BCUT2D eigenvalue weighted by molar-refractivity contribution is 7.89. The van der Waals surface area contributed by atoms with Crippen LogP contribution in [0.4, 0.5) is 11.6 Å². The van der Waals surface area contributed by atoms with Crippen molar-refractivity contribution in [1.29, 1.82) is 0 Å². The molecule has 0 unspecified atom stereocenters. The van der Waals surface area contributed by atoms with Gasteiger partial charge >= 0.3 is 0 Å². The van der Waals surface area contributed by atoms with E-state index < -0.39 is 10.0 Å². The summed E-state index contributed by atoms with van der Waals surface area (Å²) in [6.45, 7) is 4.05. The highest BCUT2D eigenvalue weighted by atomic mass is 35.5. The molecule has 0 bridgehead atoms. The monoisotopic (exact) mass is 421 g/mol. The maximum Gasteiger partial charge on any atom is 0.243 e. The molecule has 0 saturated carbocycles. The van der Waals surface area contributed by atoms with Gasteiger partial charge in [-0.3, -0.25) is 0 Å². The zero-order chi connectivity index (χ0) is 19.6. The standard InChI is InChI=1S/C19H24ClN5O2S/c20-16-5-4-6-17(15-16)28(26,27)25-13-11-24(12-14-25)19-8-7-18(21-22-19)23-9-2-1-3-10-23/h4-8,15H,1-3,9-14H2. The summed E-state index contributed by atoms with van der Waals surface area (Å²) in [5, 5.41) is 9.19. The van der Waals surface area contributed by atoms with Crippen molar-refractivity contribution in [3.63, 3.8) is 0 Å². The van der Waals surface area contributed by atoms with Crippen LogP contribution in [0.1, 0.15) is 19.3 Å². The van der Waals surface area contributed by atoms with Gasteiger partial charge in [-0.2, -0.15) is 4.31 Å². The lowest BCUT2D eigenvalue weighted by Crippen LogP contribution is -2.49. The molecule has 2 aliphatic heterocycles. The summed E-state index contributed by atoms with van der Waals surface area (Å²) in [5.41, 5.74) is 0. The highest BCUT2D eigenvalue weighted by Gasteiger charge is 2.29. The van der Waals surface area contributed by atoms with Gasteiger partial charge in [-0.15, -0.1) is 10.2 Å². The second-order valence-electron chi connectivity index (χ2n) is 7.15. The van der Waals surface area contributed by atoms with E-state index >= 15 is 0 Å². The number of rotatable bonds is 4. The molecule has 2 aromatic rings. The third-order valence-electron chi connectivity index (χ3n) is 5.31. The van der Waals surface area contributed by atoms with Crippen LogP contribution in [0.3, 0.4) is 0 Å². The Labute approximate surface area is 171 Å². The van der Waals surface area contributed by atoms with Crippen LogP contribution >= 0.6 is 11.6 Å². The maximum atomic E-state index is 12.8. The molecule has 150 valence electrons. The van der Waals surface area contributed by atoms with Crippen LogP contribution in [0, 0.1) is 0 Å². The molecule has 0 aliphatic carbocycles. The van der Waals surface area contributed by atoms with E-state index in [4.69, 9.17) is 11.6 Å². The fourth-order valence-corrected chi connectivity index (χ4v) is 5.44. The Morgan fingerprint density at radius 3 is 1.96 bits per heavy atom. The predicted octanol–water partition coefficient (Wildman–Crippen LogP) is 2.63. The first-order valence-electron chi connectivity index (χ1n) is 9.63. The van der Waals surface area contributed by atoms with Crippen LogP contribution < -0.4 is 9.80 Å². The molecule has 1 aromatic heterocycles. The molecule has 2 saturated heterocycles. The number of sulfonamides is 1. The first-order valence-corrected chi connectivity index (χ1v) is 11.5. The first kappa shape index (κ1) is 19.4. The van der Waals surface area contributed by atoms with Gasteiger partial charge in [0.15, 0.2) is 11.6 Å². The van der Waals surface area contributed by atoms with E-state index in [1.165, 1.54) is 29.6 Å². The number of aromatic nitrogens is 2. The van der Waals surface area contributed by atoms with Crippen molar-refractivity contribution in [2.75, 3.05) is 49.1 Å². The van der Waals surface area contributed by atoms with E-state index in [0.717, 1.165) is 24.7 Å². The van der Waals surface area contributed by atoms with Crippen molar-refractivity contribution in [3.8, 4) is 0 Å². The molecule has 0 radical (unpaired) electrons. The van der Waals surface area contributed by atoms with E-state index in [1.54, 1.807) is 18.2 Å². The van der Waals surface area contributed by atoms with Crippen LogP contribution in [-0.4, -0.2) is 62.2 Å². The van der Waals surface area contributed by atoms with Gasteiger partial charge in [-0.05, 0) is 49.6 Å². The third kappa shape index (κ3) is 4.09. The van der Waals surface area contributed by atoms with E-state index in [-0.39, 0.29) is 4.90 Å². The van der Waals surface area contributed by atoms with Gasteiger partial charge in [0.25, 0.3) is 0 Å². The molecule has 2 aliphatic rings. The second-order valence-corrected chi connectivity index (χ2v) is 9.52. The fourth-order valence-electron chi connectivity index (χ4n) is 3.71.